The predicted octanol–water partition coefficient (Wildman–Crippen LogP) is 1.31. The lowest BCUT2D eigenvalue weighted by Gasteiger charge is -2.17. The van der Waals surface area contributed by atoms with Gasteiger partial charge in [-0.3, -0.25) is 9.78 Å². The van der Waals surface area contributed by atoms with Crippen molar-refractivity contribution in [3.8, 4) is 11.8 Å². The van der Waals surface area contributed by atoms with Crippen molar-refractivity contribution in [2.24, 2.45) is 11.7 Å². The molecule has 100 valence electrons. The molecule has 4 heteroatoms. The van der Waals surface area contributed by atoms with Crippen LogP contribution in [0, 0.1) is 17.8 Å². The number of nitrogens with two attached hydrogens (primary N) is 1. The Bertz CT molecular complexity index is 516. The van der Waals surface area contributed by atoms with E-state index in [1.165, 1.54) is 12.8 Å². The van der Waals surface area contributed by atoms with Gasteiger partial charge in [0.15, 0.2) is 0 Å². The van der Waals surface area contributed by atoms with Gasteiger partial charge >= 0.3 is 0 Å². The number of pyridine rings is 1. The van der Waals surface area contributed by atoms with Crippen LogP contribution in [-0.2, 0) is 0 Å². The molecule has 2 atom stereocenters. The van der Waals surface area contributed by atoms with Crippen molar-refractivity contribution in [2.45, 2.75) is 32.2 Å². The molecule has 1 aromatic rings. The molecule has 0 saturated heterocycles. The van der Waals surface area contributed by atoms with E-state index in [0.717, 1.165) is 12.0 Å². The van der Waals surface area contributed by atoms with E-state index in [0.29, 0.717) is 18.0 Å². The zero-order chi connectivity index (χ0) is 13.7. The Morgan fingerprint density at radius 1 is 1.53 bits per heavy atom. The molecule has 1 heterocycles. The topological polar surface area (TPSA) is 68.0 Å². The fraction of sp³-hybridized carbons (Fsp3) is 0.467. The first-order valence-electron chi connectivity index (χ1n) is 6.65. The van der Waals surface area contributed by atoms with Gasteiger partial charge in [0.2, 0.25) is 0 Å². The Kier molecular flexibility index (Phi) is 4.53. The molecule has 3 N–H and O–H groups in total. The van der Waals surface area contributed by atoms with Crippen molar-refractivity contribution in [3.05, 3.63) is 29.6 Å². The molecular formula is C15H19N3O. The second-order valence-electron chi connectivity index (χ2n) is 4.96. The minimum Gasteiger partial charge on any atom is -0.349 e. The van der Waals surface area contributed by atoms with E-state index in [1.807, 2.05) is 0 Å². The van der Waals surface area contributed by atoms with Crippen molar-refractivity contribution in [3.63, 3.8) is 0 Å². The number of carbonyl (C=O) groups is 1. The number of rotatable bonds is 2. The number of nitrogens with one attached hydrogen (secondary N) is 1. The normalized spacial score (nSPS) is 21.6. The average molecular weight is 257 g/mol. The SMILES string of the molecule is CC1CCCC1NC(=O)c1cncc(C#CCN)c1. The van der Waals surface area contributed by atoms with E-state index < -0.39 is 0 Å². The maximum Gasteiger partial charge on any atom is 0.253 e. The molecule has 2 unspecified atom stereocenters. The van der Waals surface area contributed by atoms with Crippen molar-refractivity contribution in [2.75, 3.05) is 6.54 Å². The Labute approximate surface area is 113 Å². The maximum absolute atomic E-state index is 12.1. The highest BCUT2D eigenvalue weighted by Crippen LogP contribution is 2.24. The van der Waals surface area contributed by atoms with Crippen LogP contribution in [0.15, 0.2) is 18.5 Å². The summed E-state index contributed by atoms with van der Waals surface area (Å²) >= 11 is 0. The van der Waals surface area contributed by atoms with Crippen molar-refractivity contribution >= 4 is 5.91 Å². The van der Waals surface area contributed by atoms with Crippen LogP contribution in [0.2, 0.25) is 0 Å². The van der Waals surface area contributed by atoms with Gasteiger partial charge in [-0.2, -0.15) is 0 Å². The summed E-state index contributed by atoms with van der Waals surface area (Å²) < 4.78 is 0. The molecule has 1 fully saturated rings. The summed E-state index contributed by atoms with van der Waals surface area (Å²) in [6.07, 6.45) is 6.64. The molecule has 2 rings (SSSR count). The first kappa shape index (κ1) is 13.6. The third-order valence-electron chi connectivity index (χ3n) is 3.51. The summed E-state index contributed by atoms with van der Waals surface area (Å²) in [5.74, 6) is 6.13. The number of amides is 1. The average Bonchev–Trinajstić information content (AvgIpc) is 2.82. The van der Waals surface area contributed by atoms with E-state index in [1.54, 1.807) is 18.5 Å². The smallest absolute Gasteiger partial charge is 0.253 e. The molecule has 1 aliphatic rings. The van der Waals surface area contributed by atoms with Crippen LogP contribution in [0.4, 0.5) is 0 Å². The molecule has 1 aromatic heterocycles. The minimum absolute atomic E-state index is 0.0670. The maximum atomic E-state index is 12.1. The predicted molar refractivity (Wildman–Crippen MR) is 74.4 cm³/mol. The molecule has 1 aliphatic carbocycles. The summed E-state index contributed by atoms with van der Waals surface area (Å²) in [7, 11) is 0. The van der Waals surface area contributed by atoms with Crippen LogP contribution < -0.4 is 11.1 Å². The molecule has 0 bridgehead atoms. The first-order chi connectivity index (χ1) is 9.20. The van der Waals surface area contributed by atoms with Crippen molar-refractivity contribution in [1.29, 1.82) is 0 Å². The van der Waals surface area contributed by atoms with Crippen LogP contribution in [0.25, 0.3) is 0 Å². The molecule has 0 aromatic carbocycles. The number of carbonyl (C=O) groups excluding carboxylic acids is 1. The molecule has 19 heavy (non-hydrogen) atoms. The Morgan fingerprint density at radius 3 is 3.05 bits per heavy atom. The van der Waals surface area contributed by atoms with Gasteiger partial charge in [0.1, 0.15) is 0 Å². The fourth-order valence-electron chi connectivity index (χ4n) is 2.40. The third-order valence-corrected chi connectivity index (χ3v) is 3.51. The Morgan fingerprint density at radius 2 is 2.37 bits per heavy atom. The Hall–Kier alpha value is -1.86. The molecule has 0 spiro atoms. The van der Waals surface area contributed by atoms with Gasteiger partial charge in [0, 0.05) is 24.0 Å². The lowest BCUT2D eigenvalue weighted by Crippen LogP contribution is -2.36. The molecule has 1 saturated carbocycles. The van der Waals surface area contributed by atoms with Crippen LogP contribution in [0.5, 0.6) is 0 Å². The lowest BCUT2D eigenvalue weighted by molar-refractivity contribution is 0.0929. The van der Waals surface area contributed by atoms with Crippen LogP contribution in [0.1, 0.15) is 42.1 Å². The van der Waals surface area contributed by atoms with Gasteiger partial charge in [-0.25, -0.2) is 0 Å². The van der Waals surface area contributed by atoms with Crippen molar-refractivity contribution in [1.82, 2.24) is 10.3 Å². The lowest BCUT2D eigenvalue weighted by atomic mass is 10.1. The summed E-state index contributed by atoms with van der Waals surface area (Å²) in [6, 6.07) is 2.04. The van der Waals surface area contributed by atoms with Gasteiger partial charge in [-0.15, -0.1) is 0 Å². The molecule has 1 amide bonds. The number of hydrogen-bond donors (Lipinski definition) is 2. The van der Waals surface area contributed by atoms with E-state index in [2.05, 4.69) is 29.1 Å². The molecule has 0 aliphatic heterocycles. The van der Waals surface area contributed by atoms with Gasteiger partial charge in [0.05, 0.1) is 12.1 Å². The number of aromatic nitrogens is 1. The van der Waals surface area contributed by atoms with E-state index >= 15 is 0 Å². The van der Waals surface area contributed by atoms with Crippen LogP contribution >= 0.6 is 0 Å². The Balaban J connectivity index is 2.06. The number of hydrogen-bond acceptors (Lipinski definition) is 3. The highest BCUT2D eigenvalue weighted by Gasteiger charge is 2.25. The third kappa shape index (κ3) is 3.55. The van der Waals surface area contributed by atoms with Gasteiger partial charge in [-0.1, -0.05) is 25.2 Å². The van der Waals surface area contributed by atoms with Crippen LogP contribution in [-0.4, -0.2) is 23.5 Å². The highest BCUT2D eigenvalue weighted by molar-refractivity contribution is 5.94. The van der Waals surface area contributed by atoms with E-state index in [-0.39, 0.29) is 11.9 Å². The summed E-state index contributed by atoms with van der Waals surface area (Å²) in [5, 5.41) is 3.08. The fourth-order valence-corrected chi connectivity index (χ4v) is 2.40. The van der Waals surface area contributed by atoms with Crippen molar-refractivity contribution < 1.29 is 4.79 Å². The second kappa shape index (κ2) is 6.35. The second-order valence-corrected chi connectivity index (χ2v) is 4.96. The zero-order valence-electron chi connectivity index (χ0n) is 11.1. The number of nitrogens with zero attached hydrogens (tertiary/aromatic N) is 1. The summed E-state index contributed by atoms with van der Waals surface area (Å²) in [6.45, 7) is 2.48. The highest BCUT2D eigenvalue weighted by atomic mass is 16.1. The molecule has 4 nitrogen and oxygen atoms in total. The minimum atomic E-state index is -0.0670. The largest absolute Gasteiger partial charge is 0.349 e. The molecule has 0 radical (unpaired) electrons. The van der Waals surface area contributed by atoms with Gasteiger partial charge in [0.25, 0.3) is 5.91 Å². The van der Waals surface area contributed by atoms with Gasteiger partial charge in [-0.05, 0) is 24.8 Å². The van der Waals surface area contributed by atoms with E-state index in [4.69, 9.17) is 5.73 Å². The summed E-state index contributed by atoms with van der Waals surface area (Å²) in [5.41, 5.74) is 6.60. The monoisotopic (exact) mass is 257 g/mol. The van der Waals surface area contributed by atoms with Crippen LogP contribution in [0.3, 0.4) is 0 Å². The first-order valence-corrected chi connectivity index (χ1v) is 6.65. The zero-order valence-corrected chi connectivity index (χ0v) is 11.1. The van der Waals surface area contributed by atoms with Gasteiger partial charge < -0.3 is 11.1 Å². The molecular weight excluding hydrogens is 238 g/mol. The standard InChI is InChI=1S/C15H19N3O/c1-11-4-2-6-14(11)18-15(19)13-8-12(5-3-7-16)9-17-10-13/h8-11,14H,2,4,6-7,16H2,1H3,(H,18,19). The van der Waals surface area contributed by atoms with E-state index in [9.17, 15) is 4.79 Å². The quantitative estimate of drug-likeness (QED) is 0.785. The summed E-state index contributed by atoms with van der Waals surface area (Å²) in [4.78, 5) is 16.2.